The van der Waals surface area contributed by atoms with E-state index < -0.39 is 12.1 Å². The van der Waals surface area contributed by atoms with E-state index in [4.69, 9.17) is 10.5 Å². The fraction of sp³-hybridized carbons (Fsp3) is 0.429. The van der Waals surface area contributed by atoms with Gasteiger partial charge in [-0.25, -0.2) is 4.79 Å². The van der Waals surface area contributed by atoms with Crippen molar-refractivity contribution >= 4 is 23.3 Å². The van der Waals surface area contributed by atoms with Crippen LogP contribution in [-0.2, 0) is 9.53 Å². The van der Waals surface area contributed by atoms with Crippen LogP contribution >= 0.6 is 0 Å². The maximum atomic E-state index is 12.1. The lowest BCUT2D eigenvalue weighted by Gasteiger charge is -2.29. The van der Waals surface area contributed by atoms with E-state index in [-0.39, 0.29) is 5.91 Å². The molecule has 2 rings (SSSR count). The molecule has 1 heterocycles. The van der Waals surface area contributed by atoms with Gasteiger partial charge in [0.25, 0.3) is 0 Å². The highest BCUT2D eigenvalue weighted by Gasteiger charge is 2.23. The first-order valence-corrected chi connectivity index (χ1v) is 6.86. The maximum Gasteiger partial charge on any atom is 0.319 e. The van der Waals surface area contributed by atoms with Crippen molar-refractivity contribution in [1.29, 1.82) is 0 Å². The van der Waals surface area contributed by atoms with E-state index >= 15 is 0 Å². The molecule has 4 N–H and O–H groups in total. The normalized spacial score (nSPS) is 16.1. The van der Waals surface area contributed by atoms with Crippen LogP contribution in [0.5, 0.6) is 0 Å². The van der Waals surface area contributed by atoms with Gasteiger partial charge in [0.05, 0.1) is 13.2 Å². The number of nitrogens with one attached hydrogen (secondary N) is 2. The predicted octanol–water partition coefficient (Wildman–Crippen LogP) is 0.638. The average Bonchev–Trinajstić information content (AvgIpc) is 2.49. The van der Waals surface area contributed by atoms with E-state index in [0.717, 1.165) is 0 Å². The second kappa shape index (κ2) is 6.94. The molecule has 1 saturated heterocycles. The molecule has 1 unspecified atom stereocenters. The number of hydrogen-bond donors (Lipinski definition) is 3. The van der Waals surface area contributed by atoms with Gasteiger partial charge in [0.15, 0.2) is 0 Å². The number of hydrogen-bond acceptors (Lipinski definition) is 4. The van der Waals surface area contributed by atoms with E-state index in [0.29, 0.717) is 37.7 Å². The summed E-state index contributed by atoms with van der Waals surface area (Å²) in [6, 6.07) is 5.77. The van der Waals surface area contributed by atoms with Crippen LogP contribution in [0.15, 0.2) is 24.3 Å². The minimum absolute atomic E-state index is 0.106. The molecule has 3 amide bonds. The number of ether oxygens (including phenoxy) is 1. The minimum Gasteiger partial charge on any atom is -0.399 e. The van der Waals surface area contributed by atoms with E-state index in [2.05, 4.69) is 10.6 Å². The summed E-state index contributed by atoms with van der Waals surface area (Å²) in [4.78, 5) is 25.7. The van der Waals surface area contributed by atoms with Crippen molar-refractivity contribution in [2.45, 2.75) is 13.0 Å². The largest absolute Gasteiger partial charge is 0.399 e. The Morgan fingerprint density at radius 1 is 1.24 bits per heavy atom. The molecule has 7 heteroatoms. The fourth-order valence-electron chi connectivity index (χ4n) is 2.05. The van der Waals surface area contributed by atoms with Gasteiger partial charge in [-0.15, -0.1) is 0 Å². The van der Waals surface area contributed by atoms with E-state index in [1.807, 2.05) is 0 Å². The molecule has 1 aromatic carbocycles. The van der Waals surface area contributed by atoms with Crippen molar-refractivity contribution in [1.82, 2.24) is 10.2 Å². The number of nitrogen functional groups attached to an aromatic ring is 1. The zero-order valence-corrected chi connectivity index (χ0v) is 12.0. The molecule has 0 radical (unpaired) electrons. The highest BCUT2D eigenvalue weighted by atomic mass is 16.5. The highest BCUT2D eigenvalue weighted by Crippen LogP contribution is 2.10. The van der Waals surface area contributed by atoms with Crippen LogP contribution in [0.4, 0.5) is 16.2 Å². The van der Waals surface area contributed by atoms with Crippen LogP contribution in [0.2, 0.25) is 0 Å². The Labute approximate surface area is 123 Å². The summed E-state index contributed by atoms with van der Waals surface area (Å²) in [6.07, 6.45) is 0. The first kappa shape index (κ1) is 15.1. The Morgan fingerprint density at radius 2 is 1.86 bits per heavy atom. The molecule has 1 fully saturated rings. The highest BCUT2D eigenvalue weighted by molar-refractivity contribution is 5.93. The lowest BCUT2D eigenvalue weighted by molar-refractivity contribution is -0.136. The number of amides is 3. The van der Waals surface area contributed by atoms with Crippen molar-refractivity contribution in [3.63, 3.8) is 0 Å². The number of morpholine rings is 1. The molecule has 1 aromatic rings. The number of carbonyl (C=O) groups excluding carboxylic acids is 2. The Bertz CT molecular complexity index is 497. The summed E-state index contributed by atoms with van der Waals surface area (Å²) >= 11 is 0. The zero-order valence-electron chi connectivity index (χ0n) is 12.0. The summed E-state index contributed by atoms with van der Waals surface area (Å²) < 4.78 is 5.20. The molecule has 0 aromatic heterocycles. The standard InChI is InChI=1S/C14H20N4O3/c1-10(13(19)18-6-8-21-9-7-18)16-14(20)17-12-4-2-11(15)3-5-12/h2-5,10H,6-9,15H2,1H3,(H2,16,17,20). The van der Waals surface area contributed by atoms with Crippen LogP contribution in [0.1, 0.15) is 6.92 Å². The molecular formula is C14H20N4O3. The number of urea groups is 1. The van der Waals surface area contributed by atoms with Crippen molar-refractivity contribution in [2.24, 2.45) is 0 Å². The molecule has 0 bridgehead atoms. The van der Waals surface area contributed by atoms with Crippen molar-refractivity contribution in [3.05, 3.63) is 24.3 Å². The first-order chi connectivity index (χ1) is 10.1. The number of rotatable bonds is 3. The monoisotopic (exact) mass is 292 g/mol. The number of nitrogens with two attached hydrogens (primary N) is 1. The van der Waals surface area contributed by atoms with Gasteiger partial charge in [0.1, 0.15) is 6.04 Å². The van der Waals surface area contributed by atoms with Gasteiger partial charge in [-0.1, -0.05) is 0 Å². The summed E-state index contributed by atoms with van der Waals surface area (Å²) in [7, 11) is 0. The van der Waals surface area contributed by atoms with Crippen molar-refractivity contribution < 1.29 is 14.3 Å². The van der Waals surface area contributed by atoms with Gasteiger partial charge in [-0.2, -0.15) is 0 Å². The van der Waals surface area contributed by atoms with E-state index in [1.165, 1.54) is 0 Å². The molecule has 21 heavy (non-hydrogen) atoms. The van der Waals surface area contributed by atoms with Crippen LogP contribution in [0.25, 0.3) is 0 Å². The summed E-state index contributed by atoms with van der Waals surface area (Å²) in [5, 5.41) is 5.28. The van der Waals surface area contributed by atoms with Gasteiger partial charge in [0, 0.05) is 24.5 Å². The molecule has 7 nitrogen and oxygen atoms in total. The molecule has 114 valence electrons. The minimum atomic E-state index is -0.586. The smallest absolute Gasteiger partial charge is 0.319 e. The number of anilines is 2. The topological polar surface area (TPSA) is 96.7 Å². The SMILES string of the molecule is CC(NC(=O)Nc1ccc(N)cc1)C(=O)N1CCOCC1. The molecular weight excluding hydrogens is 272 g/mol. The Morgan fingerprint density at radius 3 is 2.48 bits per heavy atom. The number of nitrogens with zero attached hydrogens (tertiary/aromatic N) is 1. The summed E-state index contributed by atoms with van der Waals surface area (Å²) in [6.45, 7) is 3.86. The Balaban J connectivity index is 1.83. The third-order valence-electron chi connectivity index (χ3n) is 3.21. The third-order valence-corrected chi connectivity index (χ3v) is 3.21. The van der Waals surface area contributed by atoms with Gasteiger partial charge in [-0.05, 0) is 31.2 Å². The lowest BCUT2D eigenvalue weighted by atomic mass is 10.2. The Kier molecular flexibility index (Phi) is 4.99. The third kappa shape index (κ3) is 4.35. The van der Waals surface area contributed by atoms with Crippen LogP contribution in [-0.4, -0.2) is 49.2 Å². The summed E-state index contributed by atoms with van der Waals surface area (Å²) in [5.41, 5.74) is 6.81. The van der Waals surface area contributed by atoms with Crippen LogP contribution in [0.3, 0.4) is 0 Å². The first-order valence-electron chi connectivity index (χ1n) is 6.86. The van der Waals surface area contributed by atoms with Gasteiger partial charge < -0.3 is 26.0 Å². The van der Waals surface area contributed by atoms with Crippen LogP contribution < -0.4 is 16.4 Å². The van der Waals surface area contributed by atoms with Crippen molar-refractivity contribution in [2.75, 3.05) is 37.4 Å². The summed E-state index contributed by atoms with van der Waals surface area (Å²) in [5.74, 6) is -0.106. The second-order valence-corrected chi connectivity index (χ2v) is 4.88. The molecule has 0 aliphatic carbocycles. The van der Waals surface area contributed by atoms with Crippen LogP contribution in [0, 0.1) is 0 Å². The van der Waals surface area contributed by atoms with Crippen molar-refractivity contribution in [3.8, 4) is 0 Å². The second-order valence-electron chi connectivity index (χ2n) is 4.88. The molecule has 1 atom stereocenters. The van der Waals surface area contributed by atoms with E-state index in [1.54, 1.807) is 36.1 Å². The van der Waals surface area contributed by atoms with E-state index in [9.17, 15) is 9.59 Å². The molecule has 0 saturated carbocycles. The van der Waals surface area contributed by atoms with Gasteiger partial charge >= 0.3 is 6.03 Å². The average molecular weight is 292 g/mol. The number of benzene rings is 1. The quantitative estimate of drug-likeness (QED) is 0.712. The lowest BCUT2D eigenvalue weighted by Crippen LogP contribution is -2.51. The van der Waals surface area contributed by atoms with Gasteiger partial charge in [0.2, 0.25) is 5.91 Å². The number of carbonyl (C=O) groups is 2. The van der Waals surface area contributed by atoms with Gasteiger partial charge in [-0.3, -0.25) is 4.79 Å². The maximum absolute atomic E-state index is 12.1. The fourth-order valence-corrected chi connectivity index (χ4v) is 2.05. The predicted molar refractivity (Wildman–Crippen MR) is 79.9 cm³/mol. The molecule has 0 spiro atoms. The molecule has 1 aliphatic rings. The molecule has 1 aliphatic heterocycles. The Hall–Kier alpha value is -2.28. The zero-order chi connectivity index (χ0) is 15.2.